The number of carbonyl (C=O) groups is 3. The van der Waals surface area contributed by atoms with Crippen LogP contribution in [-0.2, 0) is 18.5 Å². The minimum absolute atomic E-state index is 0.0807. The van der Waals surface area contributed by atoms with Gasteiger partial charge in [-0.3, -0.25) is 29.4 Å². The third-order valence-electron chi connectivity index (χ3n) is 10.6. The summed E-state index contributed by atoms with van der Waals surface area (Å²) < 4.78 is 0. The van der Waals surface area contributed by atoms with Crippen LogP contribution >= 0.6 is 0 Å². The molecule has 2 heterocycles. The van der Waals surface area contributed by atoms with Crippen molar-refractivity contribution < 1.29 is 19.3 Å². The van der Waals surface area contributed by atoms with Crippen LogP contribution in [0.4, 0.5) is 5.69 Å². The van der Waals surface area contributed by atoms with Gasteiger partial charge in [-0.15, -0.1) is 0 Å². The molecule has 9 rings (SSSR count). The van der Waals surface area contributed by atoms with Crippen molar-refractivity contribution in [2.24, 2.45) is 5.41 Å². The third-order valence-corrected chi connectivity index (χ3v) is 10.6. The Labute approximate surface area is 251 Å². The molecule has 5 aromatic carbocycles. The van der Waals surface area contributed by atoms with E-state index >= 15 is 14.4 Å². The maximum atomic E-state index is 15.4. The SMILES string of the molecule is O=C1c2ccccc2C(=O)C12[C@@H](c1ccc([N+](=O)[O-])cc1)[C@@H]1Cc3ccccc3CN1[C@@]21C(=O)c2cccc3cccc1c23. The second kappa shape index (κ2) is 8.42. The van der Waals surface area contributed by atoms with Gasteiger partial charge in [-0.05, 0) is 39.4 Å². The zero-order valence-electron chi connectivity index (χ0n) is 23.4. The number of carbonyl (C=O) groups excluding carboxylic acids is 3. The van der Waals surface area contributed by atoms with Crippen molar-refractivity contribution in [1.29, 1.82) is 0 Å². The van der Waals surface area contributed by atoms with Gasteiger partial charge in [-0.1, -0.05) is 97.1 Å². The largest absolute Gasteiger partial charge is 0.293 e. The first kappa shape index (κ1) is 25.2. The molecule has 7 heteroatoms. The zero-order chi connectivity index (χ0) is 30.0. The first-order chi connectivity index (χ1) is 21.4. The van der Waals surface area contributed by atoms with Gasteiger partial charge in [-0.2, -0.15) is 0 Å². The number of Topliss-reactive ketones (excluding diaryl/α,β-unsaturated/α-hetero) is 3. The van der Waals surface area contributed by atoms with E-state index in [9.17, 15) is 10.1 Å². The van der Waals surface area contributed by atoms with E-state index in [0.717, 1.165) is 21.9 Å². The fraction of sp³-hybridized carbons (Fsp3) is 0.162. The number of rotatable bonds is 2. The van der Waals surface area contributed by atoms with Crippen molar-refractivity contribution in [3.8, 4) is 0 Å². The number of hydrogen-bond acceptors (Lipinski definition) is 6. The second-order valence-corrected chi connectivity index (χ2v) is 12.3. The predicted octanol–water partition coefficient (Wildman–Crippen LogP) is 6.43. The van der Waals surface area contributed by atoms with Crippen molar-refractivity contribution in [2.75, 3.05) is 0 Å². The normalized spacial score (nSPS) is 24.2. The minimum Gasteiger partial charge on any atom is -0.293 e. The van der Waals surface area contributed by atoms with Gasteiger partial charge in [-0.25, -0.2) is 0 Å². The molecule has 2 spiro atoms. The Morgan fingerprint density at radius 1 is 0.682 bits per heavy atom. The van der Waals surface area contributed by atoms with E-state index in [-0.39, 0.29) is 23.0 Å². The second-order valence-electron chi connectivity index (χ2n) is 12.3. The summed E-state index contributed by atoms with van der Waals surface area (Å²) in [4.78, 5) is 59.2. The summed E-state index contributed by atoms with van der Waals surface area (Å²) in [6.07, 6.45) is 0.512. The molecule has 44 heavy (non-hydrogen) atoms. The van der Waals surface area contributed by atoms with E-state index in [4.69, 9.17) is 0 Å². The number of benzene rings is 5. The lowest BCUT2D eigenvalue weighted by molar-refractivity contribution is -0.384. The average molecular weight is 577 g/mol. The molecule has 7 nitrogen and oxygen atoms in total. The van der Waals surface area contributed by atoms with Crippen LogP contribution in [0.3, 0.4) is 0 Å². The molecule has 212 valence electrons. The Kier molecular flexibility index (Phi) is 4.83. The maximum Gasteiger partial charge on any atom is 0.269 e. The number of nitro groups is 1. The van der Waals surface area contributed by atoms with Gasteiger partial charge in [0.25, 0.3) is 5.69 Å². The van der Waals surface area contributed by atoms with E-state index in [1.807, 2.05) is 48.5 Å². The molecule has 2 aliphatic carbocycles. The Morgan fingerprint density at radius 3 is 1.98 bits per heavy atom. The molecule has 1 fully saturated rings. The van der Waals surface area contributed by atoms with Crippen molar-refractivity contribution in [3.05, 3.63) is 158 Å². The minimum atomic E-state index is -1.83. The van der Waals surface area contributed by atoms with Crippen molar-refractivity contribution >= 4 is 33.8 Å². The van der Waals surface area contributed by atoms with E-state index in [0.29, 0.717) is 40.8 Å². The molecule has 2 aliphatic heterocycles. The highest BCUT2D eigenvalue weighted by atomic mass is 16.6. The van der Waals surface area contributed by atoms with Crippen LogP contribution in [0.25, 0.3) is 10.8 Å². The molecule has 5 aromatic rings. The van der Waals surface area contributed by atoms with Crippen LogP contribution in [0, 0.1) is 15.5 Å². The lowest BCUT2D eigenvalue weighted by atomic mass is 9.56. The molecule has 0 unspecified atom stereocenters. The summed E-state index contributed by atoms with van der Waals surface area (Å²) >= 11 is 0. The zero-order valence-corrected chi connectivity index (χ0v) is 23.4. The van der Waals surface area contributed by atoms with Gasteiger partial charge in [0.1, 0.15) is 11.0 Å². The average Bonchev–Trinajstić information content (AvgIpc) is 3.56. The quantitative estimate of drug-likeness (QED) is 0.137. The molecule has 0 saturated carbocycles. The monoisotopic (exact) mass is 576 g/mol. The van der Waals surface area contributed by atoms with E-state index in [1.165, 1.54) is 12.1 Å². The molecule has 0 bridgehead atoms. The number of hydrogen-bond donors (Lipinski definition) is 0. The van der Waals surface area contributed by atoms with Crippen LogP contribution in [0.5, 0.6) is 0 Å². The molecule has 0 amide bonds. The van der Waals surface area contributed by atoms with Gasteiger partial charge < -0.3 is 0 Å². The molecular weight excluding hydrogens is 552 g/mol. The lowest BCUT2D eigenvalue weighted by Crippen LogP contribution is -2.60. The van der Waals surface area contributed by atoms with Crippen LogP contribution in [0.1, 0.15) is 59.2 Å². The van der Waals surface area contributed by atoms with Crippen LogP contribution in [0.15, 0.2) is 109 Å². The highest BCUT2D eigenvalue weighted by molar-refractivity contribution is 6.36. The Balaban J connectivity index is 1.44. The maximum absolute atomic E-state index is 15.4. The molecule has 0 aromatic heterocycles. The summed E-state index contributed by atoms with van der Waals surface area (Å²) in [5.41, 5.74) is 1.08. The van der Waals surface area contributed by atoms with Gasteiger partial charge in [0.15, 0.2) is 17.3 Å². The number of nitro benzene ring substituents is 1. The van der Waals surface area contributed by atoms with Gasteiger partial charge >= 0.3 is 0 Å². The summed E-state index contributed by atoms with van der Waals surface area (Å²) in [7, 11) is 0. The fourth-order valence-corrected chi connectivity index (χ4v) is 9.07. The number of ketones is 3. The molecule has 0 N–H and O–H groups in total. The van der Waals surface area contributed by atoms with E-state index < -0.39 is 27.8 Å². The first-order valence-electron chi connectivity index (χ1n) is 14.7. The highest BCUT2D eigenvalue weighted by Crippen LogP contribution is 2.70. The molecular formula is C37H24N2O5. The van der Waals surface area contributed by atoms with Gasteiger partial charge in [0.2, 0.25) is 0 Å². The van der Waals surface area contributed by atoms with Crippen molar-refractivity contribution in [3.63, 3.8) is 0 Å². The van der Waals surface area contributed by atoms with Crippen LogP contribution < -0.4 is 0 Å². The summed E-state index contributed by atoms with van der Waals surface area (Å²) in [6.45, 7) is 0.374. The number of nitrogens with zero attached hydrogens (tertiary/aromatic N) is 2. The van der Waals surface area contributed by atoms with Crippen molar-refractivity contribution in [1.82, 2.24) is 4.90 Å². The molecule has 1 saturated heterocycles. The lowest BCUT2D eigenvalue weighted by Gasteiger charge is -2.45. The molecule has 3 atom stereocenters. The van der Waals surface area contributed by atoms with E-state index in [1.54, 1.807) is 42.5 Å². The molecule has 4 aliphatic rings. The Morgan fingerprint density at radius 2 is 1.30 bits per heavy atom. The van der Waals surface area contributed by atoms with Gasteiger partial charge in [0.05, 0.1) is 4.92 Å². The highest BCUT2D eigenvalue weighted by Gasteiger charge is 2.81. The summed E-state index contributed by atoms with van der Waals surface area (Å²) in [6, 6.07) is 32.1. The predicted molar refractivity (Wildman–Crippen MR) is 163 cm³/mol. The Bertz CT molecular complexity index is 2110. The van der Waals surface area contributed by atoms with Crippen LogP contribution in [-0.4, -0.2) is 33.2 Å². The number of non-ortho nitro benzene ring substituents is 1. The first-order valence-corrected chi connectivity index (χ1v) is 14.7. The summed E-state index contributed by atoms with van der Waals surface area (Å²) in [5, 5.41) is 13.3. The Hall–Kier alpha value is -5.27. The van der Waals surface area contributed by atoms with E-state index in [2.05, 4.69) is 11.0 Å². The summed E-state index contributed by atoms with van der Waals surface area (Å²) in [5.74, 6) is -1.72. The standard InChI is InChI=1S/C37H24N2O5/c40-33-26-11-3-4-12-27(26)34(41)36(33)32(22-15-17-25(18-16-22)39(43)44)30-19-23-7-1-2-8-24(23)20-38(30)37(36)29-14-6-10-21-9-5-13-28(31(21)29)35(37)42/h1-18,30,32H,19-20H2/t30-,32-,37-/m0/s1. The van der Waals surface area contributed by atoms with Gasteiger partial charge in [0, 0.05) is 47.3 Å². The topological polar surface area (TPSA) is 97.6 Å². The smallest absolute Gasteiger partial charge is 0.269 e. The third kappa shape index (κ3) is 2.70. The molecule has 0 radical (unpaired) electrons. The number of fused-ring (bicyclic) bond motifs is 6. The fourth-order valence-electron chi connectivity index (χ4n) is 9.07. The van der Waals surface area contributed by atoms with Crippen molar-refractivity contribution in [2.45, 2.75) is 30.5 Å². The van der Waals surface area contributed by atoms with Crippen LogP contribution in [0.2, 0.25) is 0 Å².